The lowest BCUT2D eigenvalue weighted by molar-refractivity contribution is -0.141. The van der Waals surface area contributed by atoms with Crippen molar-refractivity contribution in [3.05, 3.63) is 59.2 Å². The molecule has 0 aliphatic rings. The zero-order chi connectivity index (χ0) is 27.8. The molecule has 2 aromatic rings. The standard InChI is InChI=1S/C28H41N3O5S/c1-8-26(28(33)29-20(2)3)30(19-23-12-15-25(36-6)16-13-23)27(32)10-9-17-31(37(7,34)35)24-14-11-21(4)22(5)18-24/h11-16,18,20,26H,8-10,17,19H2,1-7H3,(H,29,33)/t26-/m0/s1. The molecule has 0 aromatic heterocycles. The van der Waals surface area contributed by atoms with Gasteiger partial charge in [0.25, 0.3) is 0 Å². The number of rotatable bonds is 13. The lowest BCUT2D eigenvalue weighted by Crippen LogP contribution is -2.50. The quantitative estimate of drug-likeness (QED) is 0.418. The Bertz CT molecular complexity index is 1160. The zero-order valence-electron chi connectivity index (χ0n) is 23.1. The van der Waals surface area contributed by atoms with Crippen molar-refractivity contribution in [2.75, 3.05) is 24.2 Å². The highest BCUT2D eigenvalue weighted by Gasteiger charge is 2.29. The summed E-state index contributed by atoms with van der Waals surface area (Å²) in [6.07, 6.45) is 2.06. The van der Waals surface area contributed by atoms with Gasteiger partial charge in [-0.05, 0) is 81.5 Å². The van der Waals surface area contributed by atoms with E-state index in [9.17, 15) is 18.0 Å². The number of sulfonamides is 1. The number of methoxy groups -OCH3 is 1. The fourth-order valence-electron chi connectivity index (χ4n) is 4.11. The summed E-state index contributed by atoms with van der Waals surface area (Å²) in [4.78, 5) is 28.0. The van der Waals surface area contributed by atoms with Gasteiger partial charge in [0.1, 0.15) is 11.8 Å². The summed E-state index contributed by atoms with van der Waals surface area (Å²) < 4.78 is 31.7. The van der Waals surface area contributed by atoms with E-state index in [0.29, 0.717) is 24.3 Å². The van der Waals surface area contributed by atoms with Gasteiger partial charge in [0.15, 0.2) is 0 Å². The normalized spacial score (nSPS) is 12.2. The number of amides is 2. The average Bonchev–Trinajstić information content (AvgIpc) is 2.82. The lowest BCUT2D eigenvalue weighted by Gasteiger charge is -2.31. The number of anilines is 1. The van der Waals surface area contributed by atoms with Crippen LogP contribution >= 0.6 is 0 Å². The third-order valence-corrected chi connectivity index (χ3v) is 7.45. The van der Waals surface area contributed by atoms with Gasteiger partial charge in [0.05, 0.1) is 19.1 Å². The highest BCUT2D eigenvalue weighted by molar-refractivity contribution is 7.92. The van der Waals surface area contributed by atoms with Gasteiger partial charge in [-0.2, -0.15) is 0 Å². The predicted molar refractivity (Wildman–Crippen MR) is 148 cm³/mol. The van der Waals surface area contributed by atoms with E-state index in [1.165, 1.54) is 10.6 Å². The van der Waals surface area contributed by atoms with E-state index >= 15 is 0 Å². The highest BCUT2D eigenvalue weighted by Crippen LogP contribution is 2.23. The second-order valence-electron chi connectivity index (χ2n) is 9.66. The molecular formula is C28H41N3O5S. The Morgan fingerprint density at radius 3 is 2.19 bits per heavy atom. The average molecular weight is 532 g/mol. The topological polar surface area (TPSA) is 96.0 Å². The second-order valence-corrected chi connectivity index (χ2v) is 11.6. The number of benzene rings is 2. The first kappa shape index (κ1) is 30.2. The number of hydrogen-bond acceptors (Lipinski definition) is 5. The second kappa shape index (κ2) is 13.5. The maximum Gasteiger partial charge on any atom is 0.243 e. The predicted octanol–water partition coefficient (Wildman–Crippen LogP) is 4.19. The largest absolute Gasteiger partial charge is 0.497 e. The molecule has 37 heavy (non-hydrogen) atoms. The van der Waals surface area contributed by atoms with Crippen molar-refractivity contribution in [2.45, 2.75) is 72.5 Å². The van der Waals surface area contributed by atoms with E-state index in [2.05, 4.69) is 5.32 Å². The Hall–Kier alpha value is -3.07. The molecule has 0 heterocycles. The molecule has 8 nitrogen and oxygen atoms in total. The van der Waals surface area contributed by atoms with Crippen LogP contribution in [0.5, 0.6) is 5.75 Å². The minimum atomic E-state index is -3.54. The van der Waals surface area contributed by atoms with Crippen LogP contribution in [0.15, 0.2) is 42.5 Å². The molecule has 0 fully saturated rings. The Kier molecular flexibility index (Phi) is 11.0. The van der Waals surface area contributed by atoms with Crippen molar-refractivity contribution >= 4 is 27.5 Å². The third kappa shape index (κ3) is 8.77. The molecule has 0 aliphatic carbocycles. The minimum Gasteiger partial charge on any atom is -0.497 e. The van der Waals surface area contributed by atoms with E-state index in [0.717, 1.165) is 16.7 Å². The van der Waals surface area contributed by atoms with Gasteiger partial charge in [-0.1, -0.05) is 25.1 Å². The molecule has 0 spiro atoms. The van der Waals surface area contributed by atoms with Gasteiger partial charge < -0.3 is 15.0 Å². The molecule has 0 radical (unpaired) electrons. The van der Waals surface area contributed by atoms with Crippen LogP contribution in [0.2, 0.25) is 0 Å². The molecule has 0 aliphatic heterocycles. The smallest absolute Gasteiger partial charge is 0.243 e. The van der Waals surface area contributed by atoms with Gasteiger partial charge in [0, 0.05) is 25.6 Å². The summed E-state index contributed by atoms with van der Waals surface area (Å²) in [5, 5.41) is 2.92. The van der Waals surface area contributed by atoms with E-state index in [1.54, 1.807) is 18.1 Å². The molecule has 204 valence electrons. The van der Waals surface area contributed by atoms with Crippen molar-refractivity contribution in [1.82, 2.24) is 10.2 Å². The molecule has 0 saturated heterocycles. The van der Waals surface area contributed by atoms with Crippen LogP contribution in [0.3, 0.4) is 0 Å². The van der Waals surface area contributed by atoms with Gasteiger partial charge in [0.2, 0.25) is 21.8 Å². The summed E-state index contributed by atoms with van der Waals surface area (Å²) in [5.74, 6) is 0.306. The van der Waals surface area contributed by atoms with Gasteiger partial charge in [-0.3, -0.25) is 13.9 Å². The molecule has 9 heteroatoms. The SMILES string of the molecule is CC[C@@H](C(=O)NC(C)C)N(Cc1ccc(OC)cc1)C(=O)CCCN(c1ccc(C)c(C)c1)S(C)(=O)=O. The Morgan fingerprint density at radius 1 is 1.03 bits per heavy atom. The van der Waals surface area contributed by atoms with Crippen molar-refractivity contribution in [3.8, 4) is 5.75 Å². The summed E-state index contributed by atoms with van der Waals surface area (Å²) >= 11 is 0. The van der Waals surface area contributed by atoms with Crippen LogP contribution in [-0.4, -0.2) is 57.1 Å². The van der Waals surface area contributed by atoms with Crippen LogP contribution in [0.4, 0.5) is 5.69 Å². The molecule has 0 saturated carbocycles. The molecule has 1 N–H and O–H groups in total. The molecule has 1 atom stereocenters. The van der Waals surface area contributed by atoms with E-state index in [1.807, 2.05) is 71.0 Å². The zero-order valence-corrected chi connectivity index (χ0v) is 23.9. The van der Waals surface area contributed by atoms with E-state index in [-0.39, 0.29) is 37.4 Å². The number of ether oxygens (including phenoxy) is 1. The number of aryl methyl sites for hydroxylation is 2. The van der Waals surface area contributed by atoms with Crippen LogP contribution in [0, 0.1) is 13.8 Å². The minimum absolute atomic E-state index is 0.0548. The maximum atomic E-state index is 13.5. The first-order chi connectivity index (χ1) is 17.4. The number of nitrogens with zero attached hydrogens (tertiary/aromatic N) is 2. The van der Waals surface area contributed by atoms with Crippen molar-refractivity contribution in [2.24, 2.45) is 0 Å². The van der Waals surface area contributed by atoms with Gasteiger partial charge in [-0.15, -0.1) is 0 Å². The van der Waals surface area contributed by atoms with Crippen LogP contribution in [-0.2, 0) is 26.2 Å². The third-order valence-electron chi connectivity index (χ3n) is 6.26. The highest BCUT2D eigenvalue weighted by atomic mass is 32.2. The number of carbonyl (C=O) groups excluding carboxylic acids is 2. The molecule has 2 rings (SSSR count). The molecule has 0 bridgehead atoms. The maximum absolute atomic E-state index is 13.5. The Labute approximate surface area is 222 Å². The fourth-order valence-corrected chi connectivity index (χ4v) is 5.07. The Balaban J connectivity index is 2.23. The number of nitrogens with one attached hydrogen (secondary N) is 1. The van der Waals surface area contributed by atoms with E-state index < -0.39 is 16.1 Å². The molecular weight excluding hydrogens is 490 g/mol. The summed E-state index contributed by atoms with van der Waals surface area (Å²) in [7, 11) is -1.95. The van der Waals surface area contributed by atoms with Crippen molar-refractivity contribution in [1.29, 1.82) is 0 Å². The van der Waals surface area contributed by atoms with Crippen LogP contribution < -0.4 is 14.4 Å². The molecule has 0 unspecified atom stereocenters. The number of carbonyl (C=O) groups is 2. The van der Waals surface area contributed by atoms with E-state index in [4.69, 9.17) is 4.74 Å². The number of hydrogen-bond donors (Lipinski definition) is 1. The first-order valence-corrected chi connectivity index (χ1v) is 14.5. The van der Waals surface area contributed by atoms with Crippen molar-refractivity contribution < 1.29 is 22.7 Å². The van der Waals surface area contributed by atoms with Crippen LogP contribution in [0.1, 0.15) is 56.7 Å². The fraction of sp³-hybridized carbons (Fsp3) is 0.500. The van der Waals surface area contributed by atoms with Crippen molar-refractivity contribution in [3.63, 3.8) is 0 Å². The molecule has 2 aromatic carbocycles. The van der Waals surface area contributed by atoms with Gasteiger partial charge >= 0.3 is 0 Å². The summed E-state index contributed by atoms with van der Waals surface area (Å²) in [5.41, 5.74) is 3.52. The first-order valence-electron chi connectivity index (χ1n) is 12.6. The Morgan fingerprint density at radius 2 is 1.68 bits per heavy atom. The summed E-state index contributed by atoms with van der Waals surface area (Å²) in [6, 6.07) is 12.2. The monoisotopic (exact) mass is 531 g/mol. The molecule has 2 amide bonds. The van der Waals surface area contributed by atoms with Crippen LogP contribution in [0.25, 0.3) is 0 Å². The summed E-state index contributed by atoms with van der Waals surface area (Å²) in [6.45, 7) is 9.98. The van der Waals surface area contributed by atoms with Gasteiger partial charge in [-0.25, -0.2) is 8.42 Å². The lowest BCUT2D eigenvalue weighted by atomic mass is 10.1.